The molecule has 21 heavy (non-hydrogen) atoms. The maximum atomic E-state index is 13.5. The number of carbonyl (C=O) groups is 1. The van der Waals surface area contributed by atoms with Crippen molar-refractivity contribution in [2.45, 2.75) is 13.8 Å². The van der Waals surface area contributed by atoms with Gasteiger partial charge in [0.2, 0.25) is 5.91 Å². The average molecular weight is 307 g/mol. The molecule has 110 valence electrons. The lowest BCUT2D eigenvalue weighted by Crippen LogP contribution is -2.22. The molecule has 0 aliphatic heterocycles. The average Bonchev–Trinajstić information content (AvgIpc) is 2.44. The Labute approximate surface area is 128 Å². The van der Waals surface area contributed by atoms with Crippen molar-refractivity contribution in [3.05, 3.63) is 58.4 Å². The van der Waals surface area contributed by atoms with Crippen molar-refractivity contribution in [1.29, 1.82) is 0 Å². The van der Waals surface area contributed by atoms with Crippen molar-refractivity contribution in [2.75, 3.05) is 17.2 Å². The van der Waals surface area contributed by atoms with Crippen LogP contribution in [0.5, 0.6) is 0 Å². The smallest absolute Gasteiger partial charge is 0.243 e. The first-order chi connectivity index (χ1) is 9.95. The molecular weight excluding hydrogens is 291 g/mol. The summed E-state index contributed by atoms with van der Waals surface area (Å²) in [5.74, 6) is -0.850. The minimum Gasteiger partial charge on any atom is -0.376 e. The molecule has 2 aromatic rings. The number of aryl methyl sites for hydroxylation is 2. The summed E-state index contributed by atoms with van der Waals surface area (Å²) in [6.07, 6.45) is 0. The molecule has 2 rings (SSSR count). The van der Waals surface area contributed by atoms with E-state index in [-0.39, 0.29) is 18.1 Å². The molecule has 0 bridgehead atoms. The summed E-state index contributed by atoms with van der Waals surface area (Å²) in [5.41, 5.74) is 3.11. The zero-order valence-electron chi connectivity index (χ0n) is 11.8. The van der Waals surface area contributed by atoms with Crippen LogP contribution in [-0.2, 0) is 4.79 Å². The monoisotopic (exact) mass is 306 g/mol. The fourth-order valence-corrected chi connectivity index (χ4v) is 2.06. The van der Waals surface area contributed by atoms with Gasteiger partial charge in [0.1, 0.15) is 5.82 Å². The highest BCUT2D eigenvalue weighted by molar-refractivity contribution is 6.30. The van der Waals surface area contributed by atoms with Gasteiger partial charge in [-0.1, -0.05) is 23.7 Å². The molecule has 2 aromatic carbocycles. The van der Waals surface area contributed by atoms with Crippen LogP contribution in [0.4, 0.5) is 15.8 Å². The molecule has 0 aliphatic rings. The van der Waals surface area contributed by atoms with Gasteiger partial charge in [0.25, 0.3) is 0 Å². The molecule has 0 saturated carbocycles. The predicted octanol–water partition coefficient (Wildman–Crippen LogP) is 4.15. The Morgan fingerprint density at radius 3 is 2.67 bits per heavy atom. The highest BCUT2D eigenvalue weighted by Crippen LogP contribution is 2.20. The van der Waals surface area contributed by atoms with Crippen LogP contribution in [0.15, 0.2) is 36.4 Å². The summed E-state index contributed by atoms with van der Waals surface area (Å²) in [5, 5.41) is 5.90. The van der Waals surface area contributed by atoms with E-state index in [9.17, 15) is 9.18 Å². The summed E-state index contributed by atoms with van der Waals surface area (Å²) in [7, 11) is 0. The molecule has 5 heteroatoms. The second-order valence-electron chi connectivity index (χ2n) is 4.84. The van der Waals surface area contributed by atoms with Gasteiger partial charge >= 0.3 is 0 Å². The minimum atomic E-state index is -0.514. The zero-order chi connectivity index (χ0) is 15.4. The summed E-state index contributed by atoms with van der Waals surface area (Å²) >= 11 is 5.78. The largest absolute Gasteiger partial charge is 0.376 e. The van der Waals surface area contributed by atoms with Gasteiger partial charge in [0.15, 0.2) is 0 Å². The van der Waals surface area contributed by atoms with Crippen LogP contribution in [0, 0.1) is 19.7 Å². The van der Waals surface area contributed by atoms with E-state index in [0.29, 0.717) is 5.02 Å². The van der Waals surface area contributed by atoms with Crippen molar-refractivity contribution in [3.8, 4) is 0 Å². The van der Waals surface area contributed by atoms with Gasteiger partial charge < -0.3 is 10.6 Å². The lowest BCUT2D eigenvalue weighted by Gasteiger charge is -2.11. The summed E-state index contributed by atoms with van der Waals surface area (Å²) in [6.45, 7) is 3.98. The van der Waals surface area contributed by atoms with E-state index in [1.165, 1.54) is 18.2 Å². The Balaban J connectivity index is 1.99. The molecule has 0 atom stereocenters. The molecule has 0 saturated heterocycles. The quantitative estimate of drug-likeness (QED) is 0.891. The van der Waals surface area contributed by atoms with Crippen molar-refractivity contribution in [3.63, 3.8) is 0 Å². The van der Waals surface area contributed by atoms with Gasteiger partial charge in [-0.05, 0) is 49.2 Å². The van der Waals surface area contributed by atoms with Gasteiger partial charge in [0.05, 0.1) is 12.2 Å². The third-order valence-electron chi connectivity index (χ3n) is 3.03. The number of hydrogen-bond acceptors (Lipinski definition) is 2. The zero-order valence-corrected chi connectivity index (χ0v) is 12.6. The highest BCUT2D eigenvalue weighted by Gasteiger charge is 2.08. The van der Waals surface area contributed by atoms with Crippen LogP contribution in [0.1, 0.15) is 11.1 Å². The lowest BCUT2D eigenvalue weighted by molar-refractivity contribution is -0.114. The minimum absolute atomic E-state index is 0.0518. The Morgan fingerprint density at radius 1 is 1.14 bits per heavy atom. The predicted molar refractivity (Wildman–Crippen MR) is 84.4 cm³/mol. The molecule has 0 spiro atoms. The van der Waals surface area contributed by atoms with Gasteiger partial charge in [-0.3, -0.25) is 4.79 Å². The first-order valence-electron chi connectivity index (χ1n) is 6.52. The van der Waals surface area contributed by atoms with Crippen LogP contribution in [-0.4, -0.2) is 12.5 Å². The van der Waals surface area contributed by atoms with E-state index in [4.69, 9.17) is 11.6 Å². The molecule has 2 N–H and O–H groups in total. The third kappa shape index (κ3) is 4.20. The van der Waals surface area contributed by atoms with Crippen molar-refractivity contribution in [2.24, 2.45) is 0 Å². The molecule has 0 unspecified atom stereocenters. The van der Waals surface area contributed by atoms with Crippen LogP contribution in [0.25, 0.3) is 0 Å². The SMILES string of the molecule is Cc1ccc(C)c(NCC(=O)Nc2cc(Cl)ccc2F)c1. The fourth-order valence-electron chi connectivity index (χ4n) is 1.89. The number of rotatable bonds is 4. The highest BCUT2D eigenvalue weighted by atomic mass is 35.5. The van der Waals surface area contributed by atoms with Crippen molar-refractivity contribution in [1.82, 2.24) is 0 Å². The lowest BCUT2D eigenvalue weighted by atomic mass is 10.1. The second kappa shape index (κ2) is 6.59. The number of anilines is 2. The van der Waals surface area contributed by atoms with E-state index >= 15 is 0 Å². The number of hydrogen-bond donors (Lipinski definition) is 2. The number of amides is 1. The first kappa shape index (κ1) is 15.3. The number of halogens is 2. The molecule has 0 aromatic heterocycles. The molecule has 0 aliphatic carbocycles. The standard InChI is InChI=1S/C16H16ClFN2O/c1-10-3-4-11(2)14(7-10)19-9-16(21)20-15-8-12(17)5-6-13(15)18/h3-8,19H,9H2,1-2H3,(H,20,21). The maximum Gasteiger partial charge on any atom is 0.243 e. The third-order valence-corrected chi connectivity index (χ3v) is 3.27. The van der Waals surface area contributed by atoms with Gasteiger partial charge in [-0.2, -0.15) is 0 Å². The van der Waals surface area contributed by atoms with Crippen LogP contribution in [0.2, 0.25) is 5.02 Å². The molecule has 1 amide bonds. The topological polar surface area (TPSA) is 41.1 Å². The Hall–Kier alpha value is -2.07. The van der Waals surface area contributed by atoms with Crippen molar-refractivity contribution < 1.29 is 9.18 Å². The van der Waals surface area contributed by atoms with Crippen LogP contribution >= 0.6 is 11.6 Å². The molecular formula is C16H16ClFN2O. The number of benzene rings is 2. The Morgan fingerprint density at radius 2 is 1.90 bits per heavy atom. The van der Waals surface area contributed by atoms with E-state index < -0.39 is 5.82 Å². The van der Waals surface area contributed by atoms with E-state index in [2.05, 4.69) is 10.6 Å². The van der Waals surface area contributed by atoms with Gasteiger partial charge in [-0.25, -0.2) is 4.39 Å². The normalized spacial score (nSPS) is 10.3. The van der Waals surface area contributed by atoms with E-state index in [1.54, 1.807) is 0 Å². The molecule has 0 fully saturated rings. The maximum absolute atomic E-state index is 13.5. The van der Waals surface area contributed by atoms with Crippen LogP contribution < -0.4 is 10.6 Å². The summed E-state index contributed by atoms with van der Waals surface area (Å²) in [6, 6.07) is 9.97. The summed E-state index contributed by atoms with van der Waals surface area (Å²) < 4.78 is 13.5. The van der Waals surface area contributed by atoms with E-state index in [0.717, 1.165) is 16.8 Å². The fraction of sp³-hybridized carbons (Fsp3) is 0.188. The van der Waals surface area contributed by atoms with E-state index in [1.807, 2.05) is 32.0 Å². The first-order valence-corrected chi connectivity index (χ1v) is 6.89. The Bertz CT molecular complexity index is 673. The van der Waals surface area contributed by atoms with Gasteiger partial charge in [-0.15, -0.1) is 0 Å². The number of carbonyl (C=O) groups excluding carboxylic acids is 1. The van der Waals surface area contributed by atoms with Gasteiger partial charge in [0, 0.05) is 10.7 Å². The molecule has 0 radical (unpaired) electrons. The number of nitrogens with one attached hydrogen (secondary N) is 2. The van der Waals surface area contributed by atoms with Crippen molar-refractivity contribution >= 4 is 28.9 Å². The van der Waals surface area contributed by atoms with Crippen LogP contribution in [0.3, 0.4) is 0 Å². The molecule has 0 heterocycles. The molecule has 3 nitrogen and oxygen atoms in total. The Kier molecular flexibility index (Phi) is 4.81. The second-order valence-corrected chi connectivity index (χ2v) is 5.28. The summed E-state index contributed by atoms with van der Waals surface area (Å²) in [4.78, 5) is 11.9.